The van der Waals surface area contributed by atoms with Gasteiger partial charge in [-0.05, 0) is 43.1 Å². The van der Waals surface area contributed by atoms with Gasteiger partial charge in [0, 0.05) is 37.5 Å². The van der Waals surface area contributed by atoms with Crippen LogP contribution in [-0.2, 0) is 11.3 Å². The van der Waals surface area contributed by atoms with Crippen molar-refractivity contribution in [3.63, 3.8) is 0 Å². The lowest BCUT2D eigenvalue weighted by atomic mass is 9.94. The minimum Gasteiger partial charge on any atom is -0.354 e. The van der Waals surface area contributed by atoms with Gasteiger partial charge >= 0.3 is 0 Å². The van der Waals surface area contributed by atoms with Crippen LogP contribution < -0.4 is 0 Å². The Morgan fingerprint density at radius 3 is 2.41 bits per heavy atom. The molecule has 4 heteroatoms. The van der Waals surface area contributed by atoms with Crippen molar-refractivity contribution in [2.75, 3.05) is 27.2 Å². The quantitative estimate of drug-likeness (QED) is 0.759. The molecular formula is C23H27N3O. The number of likely N-dealkylation sites (tertiary alicyclic amines) is 1. The molecule has 0 bridgehead atoms. The number of nitrogens with one attached hydrogen (secondary N) is 1. The molecule has 1 fully saturated rings. The van der Waals surface area contributed by atoms with Crippen LogP contribution in [0, 0.1) is 5.92 Å². The number of aromatic amines is 1. The Morgan fingerprint density at radius 2 is 1.70 bits per heavy atom. The Labute approximate surface area is 160 Å². The maximum Gasteiger partial charge on any atom is 0.225 e. The zero-order valence-corrected chi connectivity index (χ0v) is 16.1. The SMILES string of the molecule is CN(C)C(=O)C1CCN(Cc2c(-c3ccccc3)[nH]c3ccccc23)CC1. The third-order valence-corrected chi connectivity index (χ3v) is 5.64. The minimum atomic E-state index is 0.174. The fraction of sp³-hybridized carbons (Fsp3) is 0.348. The monoisotopic (exact) mass is 361 g/mol. The first-order chi connectivity index (χ1) is 13.1. The van der Waals surface area contributed by atoms with E-state index >= 15 is 0 Å². The zero-order valence-electron chi connectivity index (χ0n) is 16.1. The maximum atomic E-state index is 12.2. The summed E-state index contributed by atoms with van der Waals surface area (Å²) in [6.07, 6.45) is 1.89. The number of carbonyl (C=O) groups is 1. The van der Waals surface area contributed by atoms with Crippen LogP contribution in [0.2, 0.25) is 0 Å². The summed E-state index contributed by atoms with van der Waals surface area (Å²) in [5.74, 6) is 0.444. The number of rotatable bonds is 4. The zero-order chi connectivity index (χ0) is 18.8. The van der Waals surface area contributed by atoms with Gasteiger partial charge in [0.05, 0.1) is 5.69 Å². The van der Waals surface area contributed by atoms with Crippen LogP contribution in [-0.4, -0.2) is 47.9 Å². The van der Waals surface area contributed by atoms with E-state index in [0.717, 1.165) is 32.5 Å². The molecule has 1 N–H and O–H groups in total. The molecule has 0 saturated carbocycles. The summed E-state index contributed by atoms with van der Waals surface area (Å²) in [4.78, 5) is 20.1. The largest absolute Gasteiger partial charge is 0.354 e. The van der Waals surface area contributed by atoms with Gasteiger partial charge in [0.15, 0.2) is 0 Å². The molecule has 1 amide bonds. The molecule has 2 aromatic carbocycles. The van der Waals surface area contributed by atoms with Gasteiger partial charge in [-0.3, -0.25) is 9.69 Å². The fourth-order valence-corrected chi connectivity index (χ4v) is 4.14. The molecule has 0 atom stereocenters. The van der Waals surface area contributed by atoms with Gasteiger partial charge in [0.1, 0.15) is 0 Å². The van der Waals surface area contributed by atoms with Crippen LogP contribution in [0.4, 0.5) is 0 Å². The lowest BCUT2D eigenvalue weighted by molar-refractivity contribution is -0.134. The predicted molar refractivity (Wildman–Crippen MR) is 110 cm³/mol. The average molecular weight is 361 g/mol. The standard InChI is InChI=1S/C23H27N3O/c1-25(2)23(27)18-12-14-26(15-13-18)16-20-19-10-6-7-11-21(19)24-22(20)17-8-4-3-5-9-17/h3-11,18,24H,12-16H2,1-2H3. The van der Waals surface area contributed by atoms with E-state index in [-0.39, 0.29) is 11.8 Å². The van der Waals surface area contributed by atoms with Crippen molar-refractivity contribution in [3.8, 4) is 11.3 Å². The van der Waals surface area contributed by atoms with Gasteiger partial charge in [-0.25, -0.2) is 0 Å². The highest BCUT2D eigenvalue weighted by Gasteiger charge is 2.27. The minimum absolute atomic E-state index is 0.174. The number of carbonyl (C=O) groups excluding carboxylic acids is 1. The van der Waals surface area contributed by atoms with E-state index in [9.17, 15) is 4.79 Å². The predicted octanol–water partition coefficient (Wildman–Crippen LogP) is 4.14. The number of hydrogen-bond donors (Lipinski definition) is 1. The van der Waals surface area contributed by atoms with E-state index in [0.29, 0.717) is 0 Å². The van der Waals surface area contributed by atoms with E-state index in [4.69, 9.17) is 0 Å². The molecule has 0 radical (unpaired) electrons. The van der Waals surface area contributed by atoms with E-state index < -0.39 is 0 Å². The molecule has 4 nitrogen and oxygen atoms in total. The lowest BCUT2D eigenvalue weighted by Gasteiger charge is -2.32. The number of para-hydroxylation sites is 1. The summed E-state index contributed by atoms with van der Waals surface area (Å²) in [5.41, 5.74) is 4.97. The van der Waals surface area contributed by atoms with Crippen LogP contribution >= 0.6 is 0 Å². The fourth-order valence-electron chi connectivity index (χ4n) is 4.14. The molecule has 140 valence electrons. The molecule has 0 spiro atoms. The number of H-pyrrole nitrogens is 1. The summed E-state index contributed by atoms with van der Waals surface area (Å²) in [5, 5.41) is 1.29. The van der Waals surface area contributed by atoms with Crippen molar-refractivity contribution in [1.29, 1.82) is 0 Å². The van der Waals surface area contributed by atoms with Crippen LogP contribution in [0.25, 0.3) is 22.2 Å². The first kappa shape index (κ1) is 17.8. The van der Waals surface area contributed by atoms with Crippen LogP contribution in [0.3, 0.4) is 0 Å². The third kappa shape index (κ3) is 3.62. The normalized spacial score (nSPS) is 15.9. The highest BCUT2D eigenvalue weighted by atomic mass is 16.2. The number of fused-ring (bicyclic) bond motifs is 1. The van der Waals surface area contributed by atoms with Crippen molar-refractivity contribution in [2.45, 2.75) is 19.4 Å². The van der Waals surface area contributed by atoms with Gasteiger partial charge < -0.3 is 9.88 Å². The van der Waals surface area contributed by atoms with Gasteiger partial charge in [-0.1, -0.05) is 48.5 Å². The first-order valence-electron chi connectivity index (χ1n) is 9.72. The molecule has 1 saturated heterocycles. The highest BCUT2D eigenvalue weighted by Crippen LogP contribution is 2.32. The number of piperidine rings is 1. The maximum absolute atomic E-state index is 12.2. The number of amides is 1. The van der Waals surface area contributed by atoms with Gasteiger partial charge in [0.2, 0.25) is 5.91 Å². The molecule has 3 aromatic rings. The number of nitrogens with zero attached hydrogens (tertiary/aromatic N) is 2. The first-order valence-corrected chi connectivity index (χ1v) is 9.72. The second kappa shape index (κ2) is 7.57. The Morgan fingerprint density at radius 1 is 1.04 bits per heavy atom. The van der Waals surface area contributed by atoms with E-state index in [2.05, 4.69) is 64.5 Å². The summed E-state index contributed by atoms with van der Waals surface area (Å²) in [6.45, 7) is 2.85. The van der Waals surface area contributed by atoms with Crippen LogP contribution in [0.1, 0.15) is 18.4 Å². The molecular weight excluding hydrogens is 334 g/mol. The molecule has 0 unspecified atom stereocenters. The lowest BCUT2D eigenvalue weighted by Crippen LogP contribution is -2.39. The van der Waals surface area contributed by atoms with Gasteiger partial charge in [0.25, 0.3) is 0 Å². The molecule has 1 aliphatic rings. The highest BCUT2D eigenvalue weighted by molar-refractivity contribution is 5.90. The molecule has 1 aliphatic heterocycles. The second-order valence-corrected chi connectivity index (χ2v) is 7.67. The Balaban J connectivity index is 1.58. The van der Waals surface area contributed by atoms with E-state index in [1.165, 1.54) is 27.7 Å². The topological polar surface area (TPSA) is 39.3 Å². The van der Waals surface area contributed by atoms with Crippen molar-refractivity contribution in [3.05, 3.63) is 60.2 Å². The number of aromatic nitrogens is 1. The van der Waals surface area contributed by atoms with Crippen molar-refractivity contribution < 1.29 is 4.79 Å². The number of hydrogen-bond acceptors (Lipinski definition) is 2. The molecule has 27 heavy (non-hydrogen) atoms. The summed E-state index contributed by atoms with van der Waals surface area (Å²) in [7, 11) is 3.71. The summed E-state index contributed by atoms with van der Waals surface area (Å²) < 4.78 is 0. The van der Waals surface area contributed by atoms with E-state index in [1.807, 2.05) is 14.1 Å². The van der Waals surface area contributed by atoms with Crippen molar-refractivity contribution in [2.24, 2.45) is 5.92 Å². The Hall–Kier alpha value is -2.59. The van der Waals surface area contributed by atoms with Crippen LogP contribution in [0.5, 0.6) is 0 Å². The summed E-state index contributed by atoms with van der Waals surface area (Å²) >= 11 is 0. The van der Waals surface area contributed by atoms with Gasteiger partial charge in [-0.15, -0.1) is 0 Å². The molecule has 0 aliphatic carbocycles. The Kier molecular flexibility index (Phi) is 4.99. The number of benzene rings is 2. The van der Waals surface area contributed by atoms with E-state index in [1.54, 1.807) is 4.90 Å². The molecule has 4 rings (SSSR count). The average Bonchev–Trinajstić information content (AvgIpc) is 3.07. The third-order valence-electron chi connectivity index (χ3n) is 5.64. The molecule has 1 aromatic heterocycles. The van der Waals surface area contributed by atoms with Gasteiger partial charge in [-0.2, -0.15) is 0 Å². The van der Waals surface area contributed by atoms with Crippen molar-refractivity contribution in [1.82, 2.24) is 14.8 Å². The van der Waals surface area contributed by atoms with Crippen molar-refractivity contribution >= 4 is 16.8 Å². The molecule has 2 heterocycles. The smallest absolute Gasteiger partial charge is 0.225 e. The Bertz CT molecular complexity index is 921. The second-order valence-electron chi connectivity index (χ2n) is 7.67. The summed E-state index contributed by atoms with van der Waals surface area (Å²) in [6, 6.07) is 19.1. The van der Waals surface area contributed by atoms with Crippen LogP contribution in [0.15, 0.2) is 54.6 Å².